The van der Waals surface area contributed by atoms with E-state index in [4.69, 9.17) is 0 Å². The molecule has 116 valence electrons. The monoisotopic (exact) mass is 300 g/mol. The number of nitrogens with one attached hydrogen (secondary N) is 2. The molecule has 0 heterocycles. The Morgan fingerprint density at radius 3 is 2.64 bits per heavy atom. The van der Waals surface area contributed by atoms with Gasteiger partial charge in [0.25, 0.3) is 0 Å². The number of aliphatic hydroxyl groups is 1. The number of hydrogen-bond donors (Lipinski definition) is 3. The van der Waals surface area contributed by atoms with Gasteiger partial charge >= 0.3 is 6.09 Å². The number of amides is 1. The van der Waals surface area contributed by atoms with E-state index in [1.807, 2.05) is 49.4 Å². The predicted octanol–water partition coefficient (Wildman–Crippen LogP) is 3.53. The summed E-state index contributed by atoms with van der Waals surface area (Å²) in [5.74, 6) is 0. The Morgan fingerprint density at radius 2 is 1.91 bits per heavy atom. The third-order valence-corrected chi connectivity index (χ3v) is 3.31. The van der Waals surface area contributed by atoms with Gasteiger partial charge in [0.15, 0.2) is 0 Å². The van der Waals surface area contributed by atoms with E-state index in [2.05, 4.69) is 15.4 Å². The molecule has 0 aliphatic carbocycles. The topological polar surface area (TPSA) is 70.6 Å². The van der Waals surface area contributed by atoms with Crippen molar-refractivity contribution in [1.82, 2.24) is 0 Å². The Balaban J connectivity index is 2.09. The van der Waals surface area contributed by atoms with Crippen LogP contribution in [0.5, 0.6) is 0 Å². The van der Waals surface area contributed by atoms with Crippen LogP contribution in [0.4, 0.5) is 16.2 Å². The van der Waals surface area contributed by atoms with Crippen molar-refractivity contribution in [3.05, 3.63) is 59.7 Å². The van der Waals surface area contributed by atoms with Crippen molar-refractivity contribution >= 4 is 17.5 Å². The van der Waals surface area contributed by atoms with E-state index in [0.717, 1.165) is 16.8 Å². The van der Waals surface area contributed by atoms with Gasteiger partial charge in [0, 0.05) is 17.4 Å². The van der Waals surface area contributed by atoms with Gasteiger partial charge in [0.05, 0.1) is 13.7 Å². The lowest BCUT2D eigenvalue weighted by molar-refractivity contribution is 0.187. The molecule has 0 radical (unpaired) electrons. The molecule has 0 aromatic heterocycles. The Morgan fingerprint density at radius 1 is 1.18 bits per heavy atom. The first-order valence-corrected chi connectivity index (χ1v) is 7.03. The van der Waals surface area contributed by atoms with Crippen molar-refractivity contribution in [1.29, 1.82) is 0 Å². The molecule has 5 heteroatoms. The highest BCUT2D eigenvalue weighted by Gasteiger charge is 2.07. The van der Waals surface area contributed by atoms with Crippen molar-refractivity contribution in [2.24, 2.45) is 0 Å². The molecule has 5 nitrogen and oxygen atoms in total. The number of aliphatic hydroxyl groups excluding tert-OH is 1. The molecule has 0 aliphatic rings. The number of rotatable bonds is 5. The minimum absolute atomic E-state index is 0.0269. The molecule has 2 aromatic rings. The van der Waals surface area contributed by atoms with Gasteiger partial charge < -0.3 is 15.2 Å². The Bertz CT molecular complexity index is 643. The molecule has 0 saturated heterocycles. The molecule has 1 amide bonds. The summed E-state index contributed by atoms with van der Waals surface area (Å²) in [5.41, 5.74) is 3.51. The van der Waals surface area contributed by atoms with E-state index in [1.165, 1.54) is 7.11 Å². The number of methoxy groups -OCH3 is 1. The summed E-state index contributed by atoms with van der Waals surface area (Å²) >= 11 is 0. The first kappa shape index (κ1) is 15.9. The summed E-state index contributed by atoms with van der Waals surface area (Å²) in [7, 11) is 1.33. The van der Waals surface area contributed by atoms with Gasteiger partial charge in [-0.05, 0) is 36.2 Å². The minimum atomic E-state index is -0.499. The summed E-state index contributed by atoms with van der Waals surface area (Å²) in [6, 6.07) is 15.3. The quantitative estimate of drug-likeness (QED) is 0.790. The lowest BCUT2D eigenvalue weighted by Gasteiger charge is -2.17. The molecule has 1 unspecified atom stereocenters. The lowest BCUT2D eigenvalue weighted by atomic mass is 10.1. The smallest absolute Gasteiger partial charge is 0.411 e. The second-order valence-corrected chi connectivity index (χ2v) is 4.97. The molecule has 22 heavy (non-hydrogen) atoms. The van der Waals surface area contributed by atoms with Crippen molar-refractivity contribution in [2.75, 3.05) is 17.7 Å². The number of benzene rings is 2. The standard InChI is InChI=1S/C17H20N2O3/c1-12(14-6-3-5-13(9-14)11-20)18-15-7-4-8-16(10-15)19-17(21)22-2/h3-10,12,18,20H,11H2,1-2H3,(H,19,21). The second kappa shape index (κ2) is 7.47. The summed E-state index contributed by atoms with van der Waals surface area (Å²) in [6.07, 6.45) is -0.499. The van der Waals surface area contributed by atoms with E-state index in [1.54, 1.807) is 6.07 Å². The predicted molar refractivity (Wildman–Crippen MR) is 86.9 cm³/mol. The number of carbonyl (C=O) groups excluding carboxylic acids is 1. The molecule has 0 aliphatic heterocycles. The molecular formula is C17H20N2O3. The van der Waals surface area contributed by atoms with Crippen molar-refractivity contribution in [2.45, 2.75) is 19.6 Å². The van der Waals surface area contributed by atoms with Gasteiger partial charge in [-0.2, -0.15) is 0 Å². The zero-order valence-electron chi connectivity index (χ0n) is 12.7. The molecule has 1 atom stereocenters. The van der Waals surface area contributed by atoms with Crippen LogP contribution in [-0.2, 0) is 11.3 Å². The zero-order chi connectivity index (χ0) is 15.9. The van der Waals surface area contributed by atoms with Crippen LogP contribution in [0.25, 0.3) is 0 Å². The molecule has 0 bridgehead atoms. The maximum absolute atomic E-state index is 11.2. The Hall–Kier alpha value is -2.53. The van der Waals surface area contributed by atoms with Crippen LogP contribution in [0, 0.1) is 0 Å². The van der Waals surface area contributed by atoms with E-state index >= 15 is 0 Å². The molecule has 0 fully saturated rings. The number of hydrogen-bond acceptors (Lipinski definition) is 4. The van der Waals surface area contributed by atoms with Gasteiger partial charge in [0.2, 0.25) is 0 Å². The SMILES string of the molecule is COC(=O)Nc1cccc(NC(C)c2cccc(CO)c2)c1. The van der Waals surface area contributed by atoms with Crippen LogP contribution in [0.15, 0.2) is 48.5 Å². The van der Waals surface area contributed by atoms with Crippen LogP contribution in [0.3, 0.4) is 0 Å². The number of carbonyl (C=O) groups is 1. The van der Waals surface area contributed by atoms with Gasteiger partial charge in [0.1, 0.15) is 0 Å². The van der Waals surface area contributed by atoms with Gasteiger partial charge in [-0.15, -0.1) is 0 Å². The molecule has 0 saturated carbocycles. The van der Waals surface area contributed by atoms with Gasteiger partial charge in [-0.1, -0.05) is 30.3 Å². The second-order valence-electron chi connectivity index (χ2n) is 4.97. The molecule has 2 aromatic carbocycles. The Labute approximate surface area is 129 Å². The van der Waals surface area contributed by atoms with Crippen molar-refractivity contribution < 1.29 is 14.6 Å². The van der Waals surface area contributed by atoms with Gasteiger partial charge in [-0.3, -0.25) is 5.32 Å². The first-order chi connectivity index (χ1) is 10.6. The van der Waals surface area contributed by atoms with Crippen LogP contribution in [0.1, 0.15) is 24.1 Å². The largest absolute Gasteiger partial charge is 0.453 e. The van der Waals surface area contributed by atoms with E-state index in [-0.39, 0.29) is 12.6 Å². The fourth-order valence-corrected chi connectivity index (χ4v) is 2.15. The summed E-state index contributed by atoms with van der Waals surface area (Å²) in [6.45, 7) is 2.07. The normalized spacial score (nSPS) is 11.6. The third kappa shape index (κ3) is 4.23. The highest BCUT2D eigenvalue weighted by atomic mass is 16.5. The van der Waals surface area contributed by atoms with E-state index in [0.29, 0.717) is 5.69 Å². The average Bonchev–Trinajstić information content (AvgIpc) is 2.55. The minimum Gasteiger partial charge on any atom is -0.453 e. The third-order valence-electron chi connectivity index (χ3n) is 3.31. The first-order valence-electron chi connectivity index (χ1n) is 7.03. The molecule has 0 spiro atoms. The molecule has 3 N–H and O–H groups in total. The van der Waals surface area contributed by atoms with Crippen LogP contribution in [0.2, 0.25) is 0 Å². The number of anilines is 2. The zero-order valence-corrected chi connectivity index (χ0v) is 12.7. The summed E-state index contributed by atoms with van der Waals surface area (Å²) in [5, 5.41) is 15.2. The molecular weight excluding hydrogens is 280 g/mol. The fraction of sp³-hybridized carbons (Fsp3) is 0.235. The average molecular weight is 300 g/mol. The highest BCUT2D eigenvalue weighted by Crippen LogP contribution is 2.22. The maximum atomic E-state index is 11.2. The fourth-order valence-electron chi connectivity index (χ4n) is 2.15. The van der Waals surface area contributed by atoms with Crippen molar-refractivity contribution in [3.8, 4) is 0 Å². The number of ether oxygens (including phenoxy) is 1. The van der Waals surface area contributed by atoms with Crippen LogP contribution in [-0.4, -0.2) is 18.3 Å². The molecule has 2 rings (SSSR count). The van der Waals surface area contributed by atoms with Crippen LogP contribution < -0.4 is 10.6 Å². The van der Waals surface area contributed by atoms with Crippen molar-refractivity contribution in [3.63, 3.8) is 0 Å². The highest BCUT2D eigenvalue weighted by molar-refractivity contribution is 5.85. The van der Waals surface area contributed by atoms with E-state index in [9.17, 15) is 9.90 Å². The Kier molecular flexibility index (Phi) is 5.38. The maximum Gasteiger partial charge on any atom is 0.411 e. The van der Waals surface area contributed by atoms with Crippen LogP contribution >= 0.6 is 0 Å². The lowest BCUT2D eigenvalue weighted by Crippen LogP contribution is -2.11. The summed E-state index contributed by atoms with van der Waals surface area (Å²) < 4.78 is 4.58. The summed E-state index contributed by atoms with van der Waals surface area (Å²) in [4.78, 5) is 11.2. The van der Waals surface area contributed by atoms with E-state index < -0.39 is 6.09 Å². The van der Waals surface area contributed by atoms with Gasteiger partial charge in [-0.25, -0.2) is 4.79 Å².